The molecule has 14 heavy (non-hydrogen) atoms. The third-order valence-corrected chi connectivity index (χ3v) is 2.24. The van der Waals surface area contributed by atoms with Crippen molar-refractivity contribution < 1.29 is 19.1 Å². The Kier molecular flexibility index (Phi) is 4.00. The van der Waals surface area contributed by atoms with Crippen LogP contribution < -0.4 is 0 Å². The first kappa shape index (κ1) is 11.1. The second-order valence-electron chi connectivity index (χ2n) is 2.89. The van der Waals surface area contributed by atoms with E-state index >= 15 is 0 Å². The summed E-state index contributed by atoms with van der Waals surface area (Å²) >= 11 is 5.26. The molecule has 0 spiro atoms. The fourth-order valence-corrected chi connectivity index (χ4v) is 1.61. The Morgan fingerprint density at radius 1 is 1.57 bits per heavy atom. The summed E-state index contributed by atoms with van der Waals surface area (Å²) in [5, 5.41) is 0. The van der Waals surface area contributed by atoms with Crippen LogP contribution in [0.15, 0.2) is 0 Å². The van der Waals surface area contributed by atoms with Crippen molar-refractivity contribution in [1.29, 1.82) is 0 Å². The minimum absolute atomic E-state index is 0.190. The van der Waals surface area contributed by atoms with Crippen molar-refractivity contribution in [1.82, 2.24) is 4.90 Å². The molecule has 0 aromatic rings. The summed E-state index contributed by atoms with van der Waals surface area (Å²) in [7, 11) is 1.28. The molecule has 0 bridgehead atoms. The van der Waals surface area contributed by atoms with E-state index in [0.29, 0.717) is 13.0 Å². The Morgan fingerprint density at radius 3 is 2.86 bits per heavy atom. The van der Waals surface area contributed by atoms with Gasteiger partial charge in [0.2, 0.25) is 0 Å². The van der Waals surface area contributed by atoms with E-state index in [1.807, 2.05) is 0 Å². The second-order valence-corrected chi connectivity index (χ2v) is 3.11. The molecule has 5 nitrogen and oxygen atoms in total. The van der Waals surface area contributed by atoms with Crippen LogP contribution in [0.4, 0.5) is 4.79 Å². The van der Waals surface area contributed by atoms with Crippen molar-refractivity contribution in [2.24, 2.45) is 0 Å². The van der Waals surface area contributed by atoms with Crippen molar-refractivity contribution in [3.8, 4) is 0 Å². The van der Waals surface area contributed by atoms with Crippen molar-refractivity contribution in [3.63, 3.8) is 0 Å². The van der Waals surface area contributed by atoms with Crippen LogP contribution in [0.3, 0.4) is 0 Å². The lowest BCUT2D eigenvalue weighted by molar-refractivity contribution is -0.146. The molecular formula is C8H12ClNO4. The van der Waals surface area contributed by atoms with Gasteiger partial charge in [0.1, 0.15) is 6.04 Å². The SMILES string of the molecule is COC(=O)N1CCC[C@H]1C(=O)OCCl. The normalized spacial score (nSPS) is 20.7. The van der Waals surface area contributed by atoms with Crippen molar-refractivity contribution in [2.45, 2.75) is 18.9 Å². The number of methoxy groups -OCH3 is 1. The van der Waals surface area contributed by atoms with Gasteiger partial charge in [-0.2, -0.15) is 0 Å². The van der Waals surface area contributed by atoms with Crippen LogP contribution in [0.5, 0.6) is 0 Å². The van der Waals surface area contributed by atoms with Crippen LogP contribution in [0, 0.1) is 0 Å². The van der Waals surface area contributed by atoms with Crippen LogP contribution in [-0.4, -0.2) is 42.7 Å². The van der Waals surface area contributed by atoms with E-state index in [4.69, 9.17) is 11.6 Å². The molecule has 1 fully saturated rings. The first-order chi connectivity index (χ1) is 6.70. The van der Waals surface area contributed by atoms with Gasteiger partial charge in [-0.1, -0.05) is 11.6 Å². The summed E-state index contributed by atoms with van der Waals surface area (Å²) in [6.45, 7) is 0.523. The molecule has 1 aliphatic heterocycles. The Morgan fingerprint density at radius 2 is 2.29 bits per heavy atom. The van der Waals surface area contributed by atoms with E-state index < -0.39 is 18.1 Å². The minimum Gasteiger partial charge on any atom is -0.453 e. The number of alkyl halides is 1. The standard InChI is InChI=1S/C8H12ClNO4/c1-13-8(12)10-4-2-3-6(10)7(11)14-5-9/h6H,2-5H2,1H3/t6-/m0/s1. The fourth-order valence-electron chi connectivity index (χ4n) is 1.50. The maximum Gasteiger partial charge on any atom is 0.410 e. The maximum atomic E-state index is 11.3. The number of amides is 1. The number of esters is 1. The third-order valence-electron chi connectivity index (χ3n) is 2.13. The van der Waals surface area contributed by atoms with Gasteiger partial charge in [0.15, 0.2) is 6.07 Å². The molecule has 1 atom stereocenters. The molecule has 0 aromatic heterocycles. The van der Waals surface area contributed by atoms with E-state index in [0.717, 1.165) is 6.42 Å². The average molecular weight is 222 g/mol. The summed E-state index contributed by atoms with van der Waals surface area (Å²) in [5.41, 5.74) is 0. The lowest BCUT2D eigenvalue weighted by Crippen LogP contribution is -2.41. The van der Waals surface area contributed by atoms with Gasteiger partial charge in [0, 0.05) is 6.54 Å². The lowest BCUT2D eigenvalue weighted by atomic mass is 10.2. The molecule has 1 aliphatic rings. The highest BCUT2D eigenvalue weighted by molar-refractivity contribution is 6.17. The van der Waals surface area contributed by atoms with E-state index in [1.54, 1.807) is 0 Å². The number of rotatable bonds is 2. The van der Waals surface area contributed by atoms with E-state index in [2.05, 4.69) is 9.47 Å². The molecule has 0 unspecified atom stereocenters. The summed E-state index contributed by atoms with van der Waals surface area (Å²) in [5.74, 6) is -0.470. The van der Waals surface area contributed by atoms with Crippen LogP contribution >= 0.6 is 11.6 Å². The molecule has 0 aliphatic carbocycles. The molecule has 0 aromatic carbocycles. The Balaban J connectivity index is 2.59. The van der Waals surface area contributed by atoms with E-state index in [1.165, 1.54) is 12.0 Å². The highest BCUT2D eigenvalue weighted by atomic mass is 35.5. The fraction of sp³-hybridized carbons (Fsp3) is 0.750. The van der Waals surface area contributed by atoms with Crippen molar-refractivity contribution in [2.75, 3.05) is 19.7 Å². The molecule has 0 radical (unpaired) electrons. The predicted octanol–water partition coefficient (Wildman–Crippen LogP) is 0.957. The van der Waals surface area contributed by atoms with Crippen molar-refractivity contribution in [3.05, 3.63) is 0 Å². The maximum absolute atomic E-state index is 11.3. The first-order valence-corrected chi connectivity index (χ1v) is 4.81. The van der Waals surface area contributed by atoms with Gasteiger partial charge in [-0.25, -0.2) is 9.59 Å². The topological polar surface area (TPSA) is 55.8 Å². The monoisotopic (exact) mass is 221 g/mol. The van der Waals surface area contributed by atoms with Crippen molar-refractivity contribution >= 4 is 23.7 Å². The average Bonchev–Trinajstić information content (AvgIpc) is 2.65. The number of carbonyl (C=O) groups is 2. The Labute approximate surface area is 86.9 Å². The zero-order valence-corrected chi connectivity index (χ0v) is 8.62. The molecule has 1 saturated heterocycles. The Hall–Kier alpha value is -0.970. The molecular weight excluding hydrogens is 210 g/mol. The van der Waals surface area contributed by atoms with Gasteiger partial charge in [0.25, 0.3) is 0 Å². The highest BCUT2D eigenvalue weighted by Gasteiger charge is 2.35. The smallest absolute Gasteiger partial charge is 0.410 e. The summed E-state index contributed by atoms with van der Waals surface area (Å²) < 4.78 is 9.17. The van der Waals surface area contributed by atoms with Crippen LogP contribution in [-0.2, 0) is 14.3 Å². The van der Waals surface area contributed by atoms with Crippen LogP contribution in [0.2, 0.25) is 0 Å². The quantitative estimate of drug-likeness (QED) is 0.515. The molecule has 80 valence electrons. The van der Waals surface area contributed by atoms with Gasteiger partial charge < -0.3 is 9.47 Å². The molecule has 6 heteroatoms. The van der Waals surface area contributed by atoms with E-state index in [9.17, 15) is 9.59 Å². The summed E-state index contributed by atoms with van der Waals surface area (Å²) in [4.78, 5) is 23.9. The number of carbonyl (C=O) groups excluding carboxylic acids is 2. The third kappa shape index (κ3) is 2.29. The molecule has 1 amide bonds. The van der Waals surface area contributed by atoms with Gasteiger partial charge in [0.05, 0.1) is 7.11 Å². The van der Waals surface area contributed by atoms with Gasteiger partial charge in [-0.3, -0.25) is 4.90 Å². The lowest BCUT2D eigenvalue weighted by Gasteiger charge is -2.20. The minimum atomic E-state index is -0.541. The molecule has 0 N–H and O–H groups in total. The first-order valence-electron chi connectivity index (χ1n) is 4.28. The molecule has 1 rings (SSSR count). The van der Waals surface area contributed by atoms with Gasteiger partial charge in [-0.05, 0) is 12.8 Å². The van der Waals surface area contributed by atoms with Gasteiger partial charge in [-0.15, -0.1) is 0 Å². The second kappa shape index (κ2) is 5.05. The van der Waals surface area contributed by atoms with Crippen LogP contribution in [0.25, 0.3) is 0 Å². The number of hydrogen-bond acceptors (Lipinski definition) is 4. The number of ether oxygens (including phenoxy) is 2. The van der Waals surface area contributed by atoms with E-state index in [-0.39, 0.29) is 6.07 Å². The largest absolute Gasteiger partial charge is 0.453 e. The van der Waals surface area contributed by atoms with Gasteiger partial charge >= 0.3 is 12.1 Å². The zero-order chi connectivity index (χ0) is 10.6. The summed E-state index contributed by atoms with van der Waals surface area (Å²) in [6, 6.07) is -0.731. The number of nitrogens with zero attached hydrogens (tertiary/aromatic N) is 1. The number of hydrogen-bond donors (Lipinski definition) is 0. The summed E-state index contributed by atoms with van der Waals surface area (Å²) in [6.07, 6.45) is 0.876. The molecule has 0 saturated carbocycles. The van der Waals surface area contributed by atoms with Crippen LogP contribution in [0.1, 0.15) is 12.8 Å². The zero-order valence-electron chi connectivity index (χ0n) is 7.86. The molecule has 1 heterocycles. The number of likely N-dealkylation sites (tertiary alicyclic amines) is 1. The predicted molar refractivity (Wildman–Crippen MR) is 48.9 cm³/mol. The highest BCUT2D eigenvalue weighted by Crippen LogP contribution is 2.19. The Bertz CT molecular complexity index is 233. The number of halogens is 1.